The van der Waals surface area contributed by atoms with Crippen LogP contribution in [0.3, 0.4) is 0 Å². The van der Waals surface area contributed by atoms with Crippen LogP contribution in [0.4, 0.5) is 11.4 Å². The molecule has 2 aromatic heterocycles. The van der Waals surface area contributed by atoms with E-state index in [-0.39, 0.29) is 23.7 Å². The Labute approximate surface area is 183 Å². The number of piperidine rings is 1. The van der Waals surface area contributed by atoms with Gasteiger partial charge in [-0.05, 0) is 59.5 Å². The third-order valence-electron chi connectivity index (χ3n) is 4.68. The van der Waals surface area contributed by atoms with Crippen molar-refractivity contribution in [3.8, 4) is 10.8 Å². The quantitative estimate of drug-likeness (QED) is 0.273. The van der Waals surface area contributed by atoms with Gasteiger partial charge in [-0.1, -0.05) is 0 Å². The van der Waals surface area contributed by atoms with Crippen molar-refractivity contribution < 1.29 is 18.9 Å². The molecule has 0 radical (unpaired) electrons. The number of hydrogen-bond acceptors (Lipinski definition) is 9. The minimum absolute atomic E-state index is 0.101. The van der Waals surface area contributed by atoms with Crippen LogP contribution in [0.2, 0.25) is 0 Å². The SMILES string of the molecule is O=C(OCc1nnc(-c2ccc(Br)s2)o1)c1ccc(N2CCCCC2)c([N+](=O)[O-])c1. The minimum atomic E-state index is -0.693. The Bertz CT molecular complexity index is 1080. The van der Waals surface area contributed by atoms with E-state index in [0.717, 1.165) is 41.0 Å². The number of hydrogen-bond donors (Lipinski definition) is 0. The lowest BCUT2D eigenvalue weighted by Crippen LogP contribution is -2.30. The summed E-state index contributed by atoms with van der Waals surface area (Å²) < 4.78 is 11.6. The Morgan fingerprint density at radius 1 is 1.23 bits per heavy atom. The average molecular weight is 493 g/mol. The molecule has 11 heteroatoms. The fourth-order valence-electron chi connectivity index (χ4n) is 3.25. The first-order chi connectivity index (χ1) is 14.5. The molecule has 30 heavy (non-hydrogen) atoms. The van der Waals surface area contributed by atoms with E-state index >= 15 is 0 Å². The van der Waals surface area contributed by atoms with Crippen LogP contribution in [-0.4, -0.2) is 34.2 Å². The molecule has 0 spiro atoms. The second kappa shape index (κ2) is 8.92. The van der Waals surface area contributed by atoms with Crippen LogP contribution in [-0.2, 0) is 11.3 Å². The Hall–Kier alpha value is -2.79. The summed E-state index contributed by atoms with van der Waals surface area (Å²) in [6, 6.07) is 8.11. The van der Waals surface area contributed by atoms with Gasteiger partial charge in [0.1, 0.15) is 5.69 Å². The standard InChI is InChI=1S/C19H17BrN4O5S/c20-16-7-6-15(30-16)18-22-21-17(29-18)11-28-19(25)12-4-5-13(14(10-12)24(26)27)23-8-2-1-3-9-23/h4-7,10H,1-3,8-9,11H2. The molecule has 156 valence electrons. The largest absolute Gasteiger partial charge is 0.452 e. The Balaban J connectivity index is 1.45. The molecule has 0 saturated carbocycles. The summed E-state index contributed by atoms with van der Waals surface area (Å²) in [5.74, 6) is -0.220. The third-order valence-corrected chi connectivity index (χ3v) is 6.29. The number of thiophene rings is 1. The summed E-state index contributed by atoms with van der Waals surface area (Å²) in [6.07, 6.45) is 3.11. The van der Waals surface area contributed by atoms with Crippen LogP contribution >= 0.6 is 27.3 Å². The van der Waals surface area contributed by atoms with E-state index in [1.54, 1.807) is 12.1 Å². The number of anilines is 1. The number of halogens is 1. The van der Waals surface area contributed by atoms with Crippen molar-refractivity contribution in [2.75, 3.05) is 18.0 Å². The highest BCUT2D eigenvalue weighted by Gasteiger charge is 2.24. The van der Waals surface area contributed by atoms with E-state index in [4.69, 9.17) is 9.15 Å². The summed E-state index contributed by atoms with van der Waals surface area (Å²) in [6.45, 7) is 1.32. The van der Waals surface area contributed by atoms with Gasteiger partial charge in [-0.15, -0.1) is 21.5 Å². The third kappa shape index (κ3) is 4.51. The summed E-state index contributed by atoms with van der Waals surface area (Å²) in [7, 11) is 0. The van der Waals surface area contributed by atoms with Gasteiger partial charge in [-0.3, -0.25) is 10.1 Å². The van der Waals surface area contributed by atoms with Crippen LogP contribution < -0.4 is 4.90 Å². The maximum atomic E-state index is 12.4. The number of rotatable bonds is 6. The molecule has 0 N–H and O–H groups in total. The monoisotopic (exact) mass is 492 g/mol. The van der Waals surface area contributed by atoms with Gasteiger partial charge in [0.05, 0.1) is 19.2 Å². The molecule has 1 aromatic carbocycles. The van der Waals surface area contributed by atoms with Gasteiger partial charge in [-0.2, -0.15) is 0 Å². The highest BCUT2D eigenvalue weighted by Crippen LogP contribution is 2.32. The van der Waals surface area contributed by atoms with Crippen LogP contribution in [0.1, 0.15) is 35.5 Å². The van der Waals surface area contributed by atoms with Gasteiger partial charge in [-0.25, -0.2) is 4.79 Å². The Morgan fingerprint density at radius 3 is 2.73 bits per heavy atom. The van der Waals surface area contributed by atoms with Crippen LogP contribution in [0.5, 0.6) is 0 Å². The number of nitro groups is 1. The number of ether oxygens (including phenoxy) is 1. The fraction of sp³-hybridized carbons (Fsp3) is 0.316. The first kappa shape index (κ1) is 20.5. The van der Waals surface area contributed by atoms with Crippen molar-refractivity contribution >= 4 is 44.6 Å². The molecule has 0 bridgehead atoms. The lowest BCUT2D eigenvalue weighted by atomic mass is 10.1. The predicted molar refractivity (Wildman–Crippen MR) is 114 cm³/mol. The second-order valence-electron chi connectivity index (χ2n) is 6.69. The van der Waals surface area contributed by atoms with Crippen LogP contribution in [0, 0.1) is 10.1 Å². The molecular formula is C19H17BrN4O5S. The summed E-state index contributed by atoms with van der Waals surface area (Å²) in [5, 5.41) is 19.4. The van der Waals surface area contributed by atoms with E-state index < -0.39 is 10.9 Å². The molecule has 1 aliphatic rings. The molecule has 3 heterocycles. The molecular weight excluding hydrogens is 476 g/mol. The van der Waals surface area contributed by atoms with E-state index in [1.807, 2.05) is 17.0 Å². The van der Waals surface area contributed by atoms with E-state index in [1.165, 1.54) is 17.4 Å². The fourth-order valence-corrected chi connectivity index (χ4v) is 4.56. The zero-order chi connectivity index (χ0) is 21.1. The van der Waals surface area contributed by atoms with Crippen molar-refractivity contribution in [1.29, 1.82) is 0 Å². The van der Waals surface area contributed by atoms with Gasteiger partial charge in [0, 0.05) is 19.2 Å². The van der Waals surface area contributed by atoms with Gasteiger partial charge < -0.3 is 14.1 Å². The zero-order valence-electron chi connectivity index (χ0n) is 15.7. The average Bonchev–Trinajstić information content (AvgIpc) is 3.41. The zero-order valence-corrected chi connectivity index (χ0v) is 18.1. The number of aromatic nitrogens is 2. The van der Waals surface area contributed by atoms with Crippen LogP contribution in [0.15, 0.2) is 38.5 Å². The molecule has 0 atom stereocenters. The second-order valence-corrected chi connectivity index (χ2v) is 9.15. The number of esters is 1. The number of carbonyl (C=O) groups excluding carboxylic acids is 1. The van der Waals surface area contributed by atoms with E-state index in [2.05, 4.69) is 26.1 Å². The maximum absolute atomic E-state index is 12.4. The first-order valence-electron chi connectivity index (χ1n) is 9.30. The van der Waals surface area contributed by atoms with Crippen LogP contribution in [0.25, 0.3) is 10.8 Å². The van der Waals surface area contributed by atoms with Gasteiger partial charge in [0.15, 0.2) is 6.61 Å². The van der Waals surface area contributed by atoms with Gasteiger partial charge in [0.25, 0.3) is 17.5 Å². The van der Waals surface area contributed by atoms with Crippen molar-refractivity contribution in [3.05, 3.63) is 55.7 Å². The van der Waals surface area contributed by atoms with Gasteiger partial charge >= 0.3 is 5.97 Å². The lowest BCUT2D eigenvalue weighted by Gasteiger charge is -2.28. The molecule has 3 aromatic rings. The lowest BCUT2D eigenvalue weighted by molar-refractivity contribution is -0.384. The molecule has 4 rings (SSSR count). The Morgan fingerprint density at radius 2 is 2.03 bits per heavy atom. The molecule has 9 nitrogen and oxygen atoms in total. The van der Waals surface area contributed by atoms with Gasteiger partial charge in [0.2, 0.25) is 0 Å². The van der Waals surface area contributed by atoms with Crippen molar-refractivity contribution in [2.45, 2.75) is 25.9 Å². The molecule has 1 fully saturated rings. The number of carbonyl (C=O) groups is 1. The molecule has 0 aliphatic carbocycles. The predicted octanol–water partition coefficient (Wildman–Crippen LogP) is 4.82. The molecule has 0 amide bonds. The Kier molecular flexibility index (Phi) is 6.09. The summed E-state index contributed by atoms with van der Waals surface area (Å²) >= 11 is 4.80. The minimum Gasteiger partial charge on any atom is -0.452 e. The number of nitrogens with zero attached hydrogens (tertiary/aromatic N) is 4. The summed E-state index contributed by atoms with van der Waals surface area (Å²) in [5.41, 5.74) is 0.527. The molecule has 1 saturated heterocycles. The van der Waals surface area contributed by atoms with E-state index in [9.17, 15) is 14.9 Å². The molecule has 0 unspecified atom stereocenters. The smallest absolute Gasteiger partial charge is 0.338 e. The molecule has 1 aliphatic heterocycles. The topological polar surface area (TPSA) is 112 Å². The number of nitro benzene ring substituents is 1. The van der Waals surface area contributed by atoms with Crippen molar-refractivity contribution in [1.82, 2.24) is 10.2 Å². The van der Waals surface area contributed by atoms with E-state index in [0.29, 0.717) is 11.6 Å². The summed E-state index contributed by atoms with van der Waals surface area (Å²) in [4.78, 5) is 26.3. The van der Waals surface area contributed by atoms with Crippen molar-refractivity contribution in [3.63, 3.8) is 0 Å². The van der Waals surface area contributed by atoms with Crippen molar-refractivity contribution in [2.24, 2.45) is 0 Å². The first-order valence-corrected chi connectivity index (χ1v) is 10.9. The highest BCUT2D eigenvalue weighted by atomic mass is 79.9. The maximum Gasteiger partial charge on any atom is 0.338 e. The highest BCUT2D eigenvalue weighted by molar-refractivity contribution is 9.11. The normalized spacial score (nSPS) is 14.0. The number of benzene rings is 1.